The van der Waals surface area contributed by atoms with Gasteiger partial charge in [-0.1, -0.05) is 20.8 Å². The average molecular weight is 173 g/mol. The standard InChI is InChI=1S/C10H23NO/c1-5-10(3,4)8-11-7-6-9(2)12/h9,11-12H,5-8H2,1-4H3. The predicted molar refractivity (Wildman–Crippen MR) is 53.2 cm³/mol. The van der Waals surface area contributed by atoms with Crippen LogP contribution < -0.4 is 5.32 Å². The minimum absolute atomic E-state index is 0.178. The molecule has 0 aromatic carbocycles. The topological polar surface area (TPSA) is 32.3 Å². The molecule has 0 spiro atoms. The molecule has 0 fully saturated rings. The molecule has 0 aliphatic heterocycles. The molecule has 0 saturated heterocycles. The number of hydrogen-bond acceptors (Lipinski definition) is 2. The molecule has 0 heterocycles. The lowest BCUT2D eigenvalue weighted by Gasteiger charge is -2.23. The van der Waals surface area contributed by atoms with Crippen molar-refractivity contribution < 1.29 is 5.11 Å². The Morgan fingerprint density at radius 1 is 1.42 bits per heavy atom. The van der Waals surface area contributed by atoms with Crippen LogP contribution >= 0.6 is 0 Å². The number of nitrogens with one attached hydrogen (secondary N) is 1. The number of rotatable bonds is 6. The van der Waals surface area contributed by atoms with Gasteiger partial charge in [-0.15, -0.1) is 0 Å². The zero-order chi connectivity index (χ0) is 9.61. The third kappa shape index (κ3) is 6.62. The molecule has 2 heteroatoms. The zero-order valence-electron chi connectivity index (χ0n) is 8.85. The first kappa shape index (κ1) is 11.9. The van der Waals surface area contributed by atoms with Gasteiger partial charge >= 0.3 is 0 Å². The highest BCUT2D eigenvalue weighted by atomic mass is 16.3. The smallest absolute Gasteiger partial charge is 0.0524 e. The maximum Gasteiger partial charge on any atom is 0.0524 e. The Hall–Kier alpha value is -0.0800. The van der Waals surface area contributed by atoms with Crippen LogP contribution in [0.2, 0.25) is 0 Å². The van der Waals surface area contributed by atoms with Gasteiger partial charge in [0, 0.05) is 6.54 Å². The van der Waals surface area contributed by atoms with Gasteiger partial charge in [-0.25, -0.2) is 0 Å². The third-order valence-electron chi connectivity index (χ3n) is 2.30. The van der Waals surface area contributed by atoms with E-state index in [1.54, 1.807) is 0 Å². The van der Waals surface area contributed by atoms with Gasteiger partial charge in [0.2, 0.25) is 0 Å². The Bertz CT molecular complexity index is 110. The van der Waals surface area contributed by atoms with Crippen molar-refractivity contribution in [2.75, 3.05) is 13.1 Å². The van der Waals surface area contributed by atoms with Gasteiger partial charge < -0.3 is 10.4 Å². The Labute approximate surface area is 76.4 Å². The lowest BCUT2D eigenvalue weighted by atomic mass is 9.90. The van der Waals surface area contributed by atoms with Crippen LogP contribution in [0.4, 0.5) is 0 Å². The van der Waals surface area contributed by atoms with Crippen molar-refractivity contribution in [3.63, 3.8) is 0 Å². The van der Waals surface area contributed by atoms with Crippen molar-refractivity contribution in [3.8, 4) is 0 Å². The molecule has 0 amide bonds. The molecular formula is C10H23NO. The number of hydrogen-bond donors (Lipinski definition) is 2. The normalized spacial score (nSPS) is 14.8. The summed E-state index contributed by atoms with van der Waals surface area (Å²) in [7, 11) is 0. The summed E-state index contributed by atoms with van der Waals surface area (Å²) >= 11 is 0. The van der Waals surface area contributed by atoms with Crippen LogP contribution in [0.5, 0.6) is 0 Å². The number of aliphatic hydroxyl groups excluding tert-OH is 1. The van der Waals surface area contributed by atoms with E-state index < -0.39 is 0 Å². The summed E-state index contributed by atoms with van der Waals surface area (Å²) in [6.45, 7) is 10.5. The summed E-state index contributed by atoms with van der Waals surface area (Å²) in [6, 6.07) is 0. The van der Waals surface area contributed by atoms with Gasteiger partial charge in [0.05, 0.1) is 6.10 Å². The molecule has 0 aliphatic carbocycles. The molecule has 0 saturated carbocycles. The third-order valence-corrected chi connectivity index (χ3v) is 2.30. The lowest BCUT2D eigenvalue weighted by molar-refractivity contribution is 0.181. The van der Waals surface area contributed by atoms with E-state index in [1.807, 2.05) is 6.92 Å². The van der Waals surface area contributed by atoms with E-state index >= 15 is 0 Å². The predicted octanol–water partition coefficient (Wildman–Crippen LogP) is 1.78. The minimum atomic E-state index is -0.178. The van der Waals surface area contributed by atoms with Gasteiger partial charge in [-0.2, -0.15) is 0 Å². The second-order valence-electron chi connectivity index (χ2n) is 4.33. The molecule has 2 nitrogen and oxygen atoms in total. The Morgan fingerprint density at radius 2 is 2.00 bits per heavy atom. The zero-order valence-corrected chi connectivity index (χ0v) is 8.85. The summed E-state index contributed by atoms with van der Waals surface area (Å²) in [5, 5.41) is 12.3. The van der Waals surface area contributed by atoms with Crippen molar-refractivity contribution >= 4 is 0 Å². The van der Waals surface area contributed by atoms with Crippen molar-refractivity contribution in [2.45, 2.75) is 46.6 Å². The molecule has 1 unspecified atom stereocenters. The summed E-state index contributed by atoms with van der Waals surface area (Å²) in [4.78, 5) is 0. The molecule has 2 N–H and O–H groups in total. The van der Waals surface area contributed by atoms with Crippen LogP contribution in [0.15, 0.2) is 0 Å². The highest BCUT2D eigenvalue weighted by Gasteiger charge is 2.13. The minimum Gasteiger partial charge on any atom is -0.393 e. The number of aliphatic hydroxyl groups is 1. The molecule has 0 aliphatic rings. The molecule has 0 bridgehead atoms. The maximum absolute atomic E-state index is 9.00. The highest BCUT2D eigenvalue weighted by Crippen LogP contribution is 2.17. The van der Waals surface area contributed by atoms with Gasteiger partial charge in [-0.3, -0.25) is 0 Å². The van der Waals surface area contributed by atoms with E-state index in [4.69, 9.17) is 5.11 Å². The van der Waals surface area contributed by atoms with Crippen molar-refractivity contribution in [1.82, 2.24) is 5.32 Å². The van der Waals surface area contributed by atoms with Gasteiger partial charge in [0.15, 0.2) is 0 Å². The second-order valence-corrected chi connectivity index (χ2v) is 4.33. The van der Waals surface area contributed by atoms with E-state index in [-0.39, 0.29) is 6.10 Å². The van der Waals surface area contributed by atoms with Crippen molar-refractivity contribution in [2.24, 2.45) is 5.41 Å². The SMILES string of the molecule is CCC(C)(C)CNCCC(C)O. The van der Waals surface area contributed by atoms with Crippen molar-refractivity contribution in [3.05, 3.63) is 0 Å². The van der Waals surface area contributed by atoms with Gasteiger partial charge in [0.1, 0.15) is 0 Å². The van der Waals surface area contributed by atoms with E-state index in [1.165, 1.54) is 6.42 Å². The molecule has 0 aromatic rings. The molecule has 1 atom stereocenters. The van der Waals surface area contributed by atoms with E-state index in [2.05, 4.69) is 26.1 Å². The Balaban J connectivity index is 3.31. The molecule has 12 heavy (non-hydrogen) atoms. The van der Waals surface area contributed by atoms with Gasteiger partial charge in [-0.05, 0) is 31.7 Å². The first-order valence-electron chi connectivity index (χ1n) is 4.87. The summed E-state index contributed by atoms with van der Waals surface area (Å²) in [5.41, 5.74) is 0.388. The monoisotopic (exact) mass is 173 g/mol. The fourth-order valence-electron chi connectivity index (χ4n) is 0.863. The van der Waals surface area contributed by atoms with Crippen LogP contribution in [-0.4, -0.2) is 24.3 Å². The molecule has 0 rings (SSSR count). The molecule has 74 valence electrons. The Morgan fingerprint density at radius 3 is 2.42 bits per heavy atom. The largest absolute Gasteiger partial charge is 0.393 e. The summed E-state index contributed by atoms with van der Waals surface area (Å²) in [5.74, 6) is 0. The van der Waals surface area contributed by atoms with Crippen molar-refractivity contribution in [1.29, 1.82) is 0 Å². The van der Waals surface area contributed by atoms with Gasteiger partial charge in [0.25, 0.3) is 0 Å². The van der Waals surface area contributed by atoms with Crippen LogP contribution in [0, 0.1) is 5.41 Å². The second kappa shape index (κ2) is 5.55. The fourth-order valence-corrected chi connectivity index (χ4v) is 0.863. The van der Waals surface area contributed by atoms with E-state index in [0.29, 0.717) is 5.41 Å². The Kier molecular flexibility index (Phi) is 5.51. The summed E-state index contributed by atoms with van der Waals surface area (Å²) in [6.07, 6.45) is 1.86. The van der Waals surface area contributed by atoms with E-state index in [0.717, 1.165) is 19.5 Å². The fraction of sp³-hybridized carbons (Fsp3) is 1.00. The molecule has 0 radical (unpaired) electrons. The van der Waals surface area contributed by atoms with E-state index in [9.17, 15) is 0 Å². The highest BCUT2D eigenvalue weighted by molar-refractivity contribution is 4.69. The molecule has 0 aromatic heterocycles. The first-order chi connectivity index (χ1) is 5.48. The quantitative estimate of drug-likeness (QED) is 0.600. The van der Waals surface area contributed by atoms with Crippen LogP contribution in [0.3, 0.4) is 0 Å². The first-order valence-corrected chi connectivity index (χ1v) is 4.87. The lowest BCUT2D eigenvalue weighted by Crippen LogP contribution is -2.30. The van der Waals surface area contributed by atoms with Crippen LogP contribution in [0.1, 0.15) is 40.5 Å². The maximum atomic E-state index is 9.00. The molecular weight excluding hydrogens is 150 g/mol. The summed E-state index contributed by atoms with van der Waals surface area (Å²) < 4.78 is 0. The average Bonchev–Trinajstić information content (AvgIpc) is 1.98. The van der Waals surface area contributed by atoms with Crippen LogP contribution in [-0.2, 0) is 0 Å². The van der Waals surface area contributed by atoms with Crippen LogP contribution in [0.25, 0.3) is 0 Å².